The van der Waals surface area contributed by atoms with Gasteiger partial charge in [0, 0.05) is 24.9 Å². The van der Waals surface area contributed by atoms with Crippen molar-refractivity contribution in [2.75, 3.05) is 26.3 Å². The first-order valence-electron chi connectivity index (χ1n) is 15.4. The van der Waals surface area contributed by atoms with Crippen molar-refractivity contribution in [3.05, 3.63) is 11.6 Å². The molecule has 0 radical (unpaired) electrons. The van der Waals surface area contributed by atoms with E-state index in [9.17, 15) is 9.59 Å². The number of hydrogen-bond acceptors (Lipinski definition) is 6. The average molecular weight is 526 g/mol. The van der Waals surface area contributed by atoms with Gasteiger partial charge >= 0.3 is 6.09 Å². The molecule has 6 aliphatic rings. The van der Waals surface area contributed by atoms with Gasteiger partial charge in [0.05, 0.1) is 25.0 Å². The number of hydrogen-bond donors (Lipinski definition) is 1. The number of rotatable bonds is 5. The summed E-state index contributed by atoms with van der Waals surface area (Å²) in [6.07, 6.45) is 14.0. The molecule has 0 aromatic rings. The molecule has 2 saturated heterocycles. The van der Waals surface area contributed by atoms with Crippen LogP contribution in [0.15, 0.2) is 16.8 Å². The number of oxime groups is 1. The summed E-state index contributed by atoms with van der Waals surface area (Å²) >= 11 is 0. The number of carbonyl (C=O) groups is 2. The van der Waals surface area contributed by atoms with Crippen molar-refractivity contribution in [1.29, 1.82) is 0 Å². The summed E-state index contributed by atoms with van der Waals surface area (Å²) in [5, 5.41) is 8.06. The Bertz CT molecular complexity index is 999. The Kier molecular flexibility index (Phi) is 7.21. The molecule has 6 rings (SSSR count). The lowest BCUT2D eigenvalue weighted by atomic mass is 9.46. The number of nitrogens with zero attached hydrogens (tertiary/aromatic N) is 2. The van der Waals surface area contributed by atoms with E-state index in [0.717, 1.165) is 43.9 Å². The van der Waals surface area contributed by atoms with Crippen LogP contribution in [-0.4, -0.2) is 60.9 Å². The van der Waals surface area contributed by atoms with Gasteiger partial charge < -0.3 is 10.1 Å². The SMILES string of the molecule is C/C(=N\OC(=O)N(CC1CCCCN1)C1COC1)[C@H]1CC[C@H]2[C@@H]3CCC4=CC(=O)CC[C@]4(C)[C@H]3CC[C@]12C. The minimum absolute atomic E-state index is 0.0899. The lowest BCUT2D eigenvalue weighted by Crippen LogP contribution is -2.56. The normalized spacial score (nSPS) is 41.3. The van der Waals surface area contributed by atoms with Crippen molar-refractivity contribution >= 4 is 17.6 Å². The molecule has 0 spiro atoms. The summed E-state index contributed by atoms with van der Waals surface area (Å²) in [5.74, 6) is 2.79. The number of fused-ring (bicyclic) bond motifs is 5. The minimum Gasteiger partial charge on any atom is -0.377 e. The Morgan fingerprint density at radius 1 is 1.11 bits per heavy atom. The maximum Gasteiger partial charge on any atom is 0.436 e. The van der Waals surface area contributed by atoms with Gasteiger partial charge in [-0.2, -0.15) is 0 Å². The van der Waals surface area contributed by atoms with Crippen LogP contribution in [0.1, 0.15) is 91.4 Å². The summed E-state index contributed by atoms with van der Waals surface area (Å²) in [6, 6.07) is 0.411. The van der Waals surface area contributed by atoms with Gasteiger partial charge in [0.15, 0.2) is 5.78 Å². The largest absolute Gasteiger partial charge is 0.436 e. The Morgan fingerprint density at radius 3 is 2.68 bits per heavy atom. The molecule has 7 atom stereocenters. The molecule has 4 aliphatic carbocycles. The highest BCUT2D eigenvalue weighted by atomic mass is 16.7. The minimum atomic E-state index is -0.334. The van der Waals surface area contributed by atoms with Gasteiger partial charge in [0.1, 0.15) is 0 Å². The molecule has 1 amide bonds. The molecule has 2 heterocycles. The third kappa shape index (κ3) is 4.55. The quantitative estimate of drug-likeness (QED) is 0.292. The van der Waals surface area contributed by atoms with E-state index in [0.29, 0.717) is 55.8 Å². The van der Waals surface area contributed by atoms with Gasteiger partial charge in [-0.25, -0.2) is 4.79 Å². The van der Waals surface area contributed by atoms with Crippen LogP contribution in [0.25, 0.3) is 0 Å². The fraction of sp³-hybridized carbons (Fsp3) is 0.839. The molecule has 0 aromatic carbocycles. The van der Waals surface area contributed by atoms with Crippen LogP contribution in [0, 0.1) is 34.5 Å². The zero-order valence-corrected chi connectivity index (χ0v) is 23.7. The topological polar surface area (TPSA) is 80.2 Å². The molecule has 1 unspecified atom stereocenters. The fourth-order valence-corrected chi connectivity index (χ4v) is 9.57. The Morgan fingerprint density at radius 2 is 1.95 bits per heavy atom. The second kappa shape index (κ2) is 10.3. The Labute approximate surface area is 228 Å². The number of carbonyl (C=O) groups excluding carboxylic acids is 2. The van der Waals surface area contributed by atoms with E-state index in [1.807, 2.05) is 11.0 Å². The molecule has 2 aliphatic heterocycles. The molecule has 0 aromatic heterocycles. The fourth-order valence-electron chi connectivity index (χ4n) is 9.57. The predicted octanol–water partition coefficient (Wildman–Crippen LogP) is 5.49. The number of nitrogens with one attached hydrogen (secondary N) is 1. The number of allylic oxidation sites excluding steroid dienone is 1. The van der Waals surface area contributed by atoms with Crippen molar-refractivity contribution < 1.29 is 19.2 Å². The number of ketones is 1. The van der Waals surface area contributed by atoms with Gasteiger partial charge in [-0.05, 0) is 106 Å². The van der Waals surface area contributed by atoms with Crippen molar-refractivity contribution in [3.63, 3.8) is 0 Å². The van der Waals surface area contributed by atoms with Crippen LogP contribution in [0.5, 0.6) is 0 Å². The van der Waals surface area contributed by atoms with Crippen molar-refractivity contribution in [2.45, 2.75) is 103 Å². The molecule has 5 fully saturated rings. The summed E-state index contributed by atoms with van der Waals surface area (Å²) < 4.78 is 5.40. The van der Waals surface area contributed by atoms with Crippen LogP contribution in [0.4, 0.5) is 4.79 Å². The van der Waals surface area contributed by atoms with Crippen molar-refractivity contribution in [3.8, 4) is 0 Å². The molecule has 38 heavy (non-hydrogen) atoms. The molecule has 7 nitrogen and oxygen atoms in total. The van der Waals surface area contributed by atoms with Crippen LogP contribution >= 0.6 is 0 Å². The van der Waals surface area contributed by atoms with E-state index in [1.165, 1.54) is 44.1 Å². The van der Waals surface area contributed by atoms with Gasteiger partial charge in [0.2, 0.25) is 0 Å². The first-order chi connectivity index (χ1) is 18.3. The van der Waals surface area contributed by atoms with E-state index >= 15 is 0 Å². The third-order valence-corrected chi connectivity index (χ3v) is 11.9. The van der Waals surface area contributed by atoms with Crippen LogP contribution in [0.3, 0.4) is 0 Å². The molecular formula is C31H47N3O4. The first-order valence-corrected chi connectivity index (χ1v) is 15.4. The molecule has 7 heteroatoms. The summed E-state index contributed by atoms with van der Waals surface area (Å²) in [5.41, 5.74) is 2.82. The summed E-state index contributed by atoms with van der Waals surface area (Å²) in [7, 11) is 0. The van der Waals surface area contributed by atoms with Crippen LogP contribution in [-0.2, 0) is 14.4 Å². The van der Waals surface area contributed by atoms with Gasteiger partial charge in [0.25, 0.3) is 0 Å². The highest BCUT2D eigenvalue weighted by molar-refractivity contribution is 5.91. The van der Waals surface area contributed by atoms with Crippen molar-refractivity contribution in [2.24, 2.45) is 39.7 Å². The maximum absolute atomic E-state index is 13.2. The molecular weight excluding hydrogens is 478 g/mol. The molecule has 3 saturated carbocycles. The van der Waals surface area contributed by atoms with Gasteiger partial charge in [-0.3, -0.25) is 14.5 Å². The first kappa shape index (κ1) is 26.5. The van der Waals surface area contributed by atoms with E-state index in [2.05, 4.69) is 31.2 Å². The maximum atomic E-state index is 13.2. The molecule has 1 N–H and O–H groups in total. The third-order valence-electron chi connectivity index (χ3n) is 11.9. The van der Waals surface area contributed by atoms with Crippen LogP contribution < -0.4 is 5.32 Å². The second-order valence-corrected chi connectivity index (χ2v) is 13.7. The predicted molar refractivity (Wildman–Crippen MR) is 147 cm³/mol. The van der Waals surface area contributed by atoms with Gasteiger partial charge in [-0.1, -0.05) is 31.0 Å². The second-order valence-electron chi connectivity index (χ2n) is 13.7. The van der Waals surface area contributed by atoms with E-state index in [1.54, 1.807) is 0 Å². The Balaban J connectivity index is 1.13. The summed E-state index contributed by atoms with van der Waals surface area (Å²) in [6.45, 7) is 9.85. The van der Waals surface area contributed by atoms with Gasteiger partial charge in [-0.15, -0.1) is 0 Å². The standard InChI is InChI=1S/C31H47N3O4/c1-20(33-38-29(36)34(23-18-37-19-23)17-22-6-4-5-15-32-22)26-9-10-27-25-8-7-21-16-24(35)11-13-30(21,2)28(25)12-14-31(26,27)3/h16,22-23,25-28,32H,4-15,17-19H2,1-3H3/b33-20+/t22?,25-,26+,27-,28-,30-,31+/m0/s1. The van der Waals surface area contributed by atoms with Crippen LogP contribution in [0.2, 0.25) is 0 Å². The number of piperidine rings is 1. The van der Waals surface area contributed by atoms with E-state index in [-0.39, 0.29) is 23.0 Å². The molecule has 0 bridgehead atoms. The highest BCUT2D eigenvalue weighted by Gasteiger charge is 2.59. The number of amides is 1. The molecule has 210 valence electrons. The highest BCUT2D eigenvalue weighted by Crippen LogP contribution is 2.66. The zero-order valence-electron chi connectivity index (χ0n) is 23.7. The lowest BCUT2D eigenvalue weighted by Gasteiger charge is -2.58. The number of ether oxygens (including phenoxy) is 1. The monoisotopic (exact) mass is 525 g/mol. The van der Waals surface area contributed by atoms with Crippen molar-refractivity contribution in [1.82, 2.24) is 10.2 Å². The smallest absolute Gasteiger partial charge is 0.377 e. The van der Waals surface area contributed by atoms with E-state index in [4.69, 9.17) is 9.57 Å². The zero-order chi connectivity index (χ0) is 26.5. The lowest BCUT2D eigenvalue weighted by molar-refractivity contribution is -0.117. The van der Waals surface area contributed by atoms with E-state index < -0.39 is 0 Å². The Hall–Kier alpha value is -1.73. The summed E-state index contributed by atoms with van der Waals surface area (Å²) in [4.78, 5) is 32.8. The average Bonchev–Trinajstić information content (AvgIpc) is 3.24.